The Hall–Kier alpha value is -0.560. The van der Waals surface area contributed by atoms with E-state index >= 15 is 0 Å². The van der Waals surface area contributed by atoms with E-state index in [1.807, 2.05) is 18.2 Å². The van der Waals surface area contributed by atoms with E-state index in [9.17, 15) is 0 Å². The highest BCUT2D eigenvalue weighted by Crippen LogP contribution is 2.13. The Morgan fingerprint density at radius 2 is 0.880 bits per heavy atom. The highest BCUT2D eigenvalue weighted by molar-refractivity contribution is 6.17. The van der Waals surface area contributed by atoms with Crippen molar-refractivity contribution in [3.8, 4) is 0 Å². The average molecular weight is 368 g/mol. The molecule has 0 aliphatic heterocycles. The monoisotopic (exact) mass is 367 g/mol. The van der Waals surface area contributed by atoms with Crippen molar-refractivity contribution in [2.24, 2.45) is 0 Å². The summed E-state index contributed by atoms with van der Waals surface area (Å²) in [7, 11) is 0. The molecule has 0 radical (unpaired) electrons. The smallest absolute Gasteiger partial charge is 0.0267 e. The Morgan fingerprint density at radius 3 is 1.12 bits per heavy atom. The number of unbranched alkanes of at least 4 members (excludes halogenated alkanes) is 15. The van der Waals surface area contributed by atoms with E-state index < -0.39 is 0 Å². The van der Waals surface area contributed by atoms with Crippen molar-refractivity contribution in [1.29, 1.82) is 0 Å². The summed E-state index contributed by atoms with van der Waals surface area (Å²) in [6, 6.07) is 5.72. The second-order valence-corrected chi connectivity index (χ2v) is 7.39. The predicted molar refractivity (Wildman–Crippen MR) is 115 cm³/mol. The zero-order valence-corrected chi connectivity index (χ0v) is 17.5. The van der Waals surface area contributed by atoms with Crippen molar-refractivity contribution in [2.75, 3.05) is 5.88 Å². The second kappa shape index (κ2) is 23.4. The van der Waals surface area contributed by atoms with Gasteiger partial charge in [0.1, 0.15) is 0 Å². The quantitative estimate of drug-likeness (QED) is 0.210. The lowest BCUT2D eigenvalue weighted by Gasteiger charge is -2.03. The molecule has 1 aromatic rings. The molecule has 0 saturated carbocycles. The van der Waals surface area contributed by atoms with Gasteiger partial charge < -0.3 is 0 Å². The fourth-order valence-electron chi connectivity index (χ4n) is 2.96. The molecule has 1 aromatic heterocycles. The third-order valence-corrected chi connectivity index (χ3v) is 4.82. The minimum Gasteiger partial charge on any atom is -0.265 e. The molecule has 0 aromatic carbocycles. The standard InChI is InChI=1S/C18H37Cl.C5H5N/c1-2-3-4-5-6-7-8-9-10-11-12-13-14-15-16-17-18-19;1-2-4-6-5-3-1/h2-18H2,1H3;1-5H. The van der Waals surface area contributed by atoms with Crippen molar-refractivity contribution in [3.63, 3.8) is 0 Å². The molecule has 0 amide bonds. The average Bonchev–Trinajstić information content (AvgIpc) is 2.67. The van der Waals surface area contributed by atoms with E-state index in [2.05, 4.69) is 11.9 Å². The van der Waals surface area contributed by atoms with Crippen LogP contribution in [0.2, 0.25) is 0 Å². The van der Waals surface area contributed by atoms with Crippen LogP contribution in [-0.2, 0) is 0 Å². The summed E-state index contributed by atoms with van der Waals surface area (Å²) in [5.41, 5.74) is 0. The molecule has 25 heavy (non-hydrogen) atoms. The molecule has 0 N–H and O–H groups in total. The zero-order valence-electron chi connectivity index (χ0n) is 16.7. The molecule has 0 aliphatic rings. The maximum absolute atomic E-state index is 5.66. The Balaban J connectivity index is 0.000000796. The molecule has 146 valence electrons. The van der Waals surface area contributed by atoms with E-state index in [0.29, 0.717) is 0 Å². The van der Waals surface area contributed by atoms with Crippen LogP contribution in [0, 0.1) is 0 Å². The van der Waals surface area contributed by atoms with Crippen LogP contribution in [0.3, 0.4) is 0 Å². The van der Waals surface area contributed by atoms with Crippen molar-refractivity contribution < 1.29 is 0 Å². The first kappa shape index (κ1) is 24.4. The first-order chi connectivity index (χ1) is 12.4. The minimum absolute atomic E-state index is 0.846. The molecule has 2 heteroatoms. The van der Waals surface area contributed by atoms with Gasteiger partial charge in [-0.1, -0.05) is 109 Å². The molecule has 0 bridgehead atoms. The van der Waals surface area contributed by atoms with Gasteiger partial charge in [-0.15, -0.1) is 11.6 Å². The van der Waals surface area contributed by atoms with E-state index in [0.717, 1.165) is 5.88 Å². The second-order valence-electron chi connectivity index (χ2n) is 7.02. The maximum Gasteiger partial charge on any atom is 0.0267 e. The van der Waals surface area contributed by atoms with Gasteiger partial charge in [0, 0.05) is 18.3 Å². The van der Waals surface area contributed by atoms with Gasteiger partial charge in [0.25, 0.3) is 0 Å². The lowest BCUT2D eigenvalue weighted by atomic mass is 10.0. The number of hydrogen-bond acceptors (Lipinski definition) is 1. The Morgan fingerprint density at radius 1 is 0.520 bits per heavy atom. The van der Waals surface area contributed by atoms with Crippen LogP contribution in [0.4, 0.5) is 0 Å². The van der Waals surface area contributed by atoms with Gasteiger partial charge in [0.05, 0.1) is 0 Å². The fraction of sp³-hybridized carbons (Fsp3) is 0.783. The first-order valence-electron chi connectivity index (χ1n) is 10.8. The number of aromatic nitrogens is 1. The molecule has 0 unspecified atom stereocenters. The van der Waals surface area contributed by atoms with E-state index in [1.165, 1.54) is 103 Å². The Bertz CT molecular complexity index is 272. The Kier molecular flexibility index (Phi) is 22.9. The summed E-state index contributed by atoms with van der Waals surface area (Å²) in [6.45, 7) is 2.29. The van der Waals surface area contributed by atoms with Gasteiger partial charge in [-0.3, -0.25) is 4.98 Å². The van der Waals surface area contributed by atoms with Gasteiger partial charge >= 0.3 is 0 Å². The summed E-state index contributed by atoms with van der Waals surface area (Å²) >= 11 is 5.66. The highest BCUT2D eigenvalue weighted by atomic mass is 35.5. The van der Waals surface area contributed by atoms with Crippen LogP contribution in [0.1, 0.15) is 110 Å². The molecule has 0 saturated heterocycles. The molecule has 1 heterocycles. The number of hydrogen-bond donors (Lipinski definition) is 0. The molecular formula is C23H42ClN. The molecule has 0 aliphatic carbocycles. The number of alkyl halides is 1. The number of nitrogens with zero attached hydrogens (tertiary/aromatic N) is 1. The van der Waals surface area contributed by atoms with E-state index in [4.69, 9.17) is 11.6 Å². The van der Waals surface area contributed by atoms with Gasteiger partial charge in [0.15, 0.2) is 0 Å². The lowest BCUT2D eigenvalue weighted by molar-refractivity contribution is 0.531. The summed E-state index contributed by atoms with van der Waals surface area (Å²) in [6.07, 6.45) is 26.3. The third kappa shape index (κ3) is 23.4. The van der Waals surface area contributed by atoms with Crippen LogP contribution >= 0.6 is 11.6 Å². The molecule has 1 rings (SSSR count). The molecule has 0 fully saturated rings. The minimum atomic E-state index is 0.846. The molecule has 0 spiro atoms. The highest BCUT2D eigenvalue weighted by Gasteiger charge is 1.94. The zero-order chi connectivity index (χ0) is 18.3. The van der Waals surface area contributed by atoms with Gasteiger partial charge in [-0.2, -0.15) is 0 Å². The van der Waals surface area contributed by atoms with E-state index in [-0.39, 0.29) is 0 Å². The van der Waals surface area contributed by atoms with Crippen LogP contribution < -0.4 is 0 Å². The van der Waals surface area contributed by atoms with Crippen molar-refractivity contribution in [2.45, 2.75) is 110 Å². The summed E-state index contributed by atoms with van der Waals surface area (Å²) in [5.74, 6) is 0.846. The van der Waals surface area contributed by atoms with Gasteiger partial charge in [-0.05, 0) is 18.6 Å². The maximum atomic E-state index is 5.66. The van der Waals surface area contributed by atoms with Gasteiger partial charge in [-0.25, -0.2) is 0 Å². The topological polar surface area (TPSA) is 12.9 Å². The molecule has 0 atom stereocenters. The fourth-order valence-corrected chi connectivity index (χ4v) is 3.14. The number of halogens is 1. The summed E-state index contributed by atoms with van der Waals surface area (Å²) in [4.78, 5) is 3.78. The van der Waals surface area contributed by atoms with Crippen LogP contribution in [0.15, 0.2) is 30.6 Å². The number of rotatable bonds is 16. The van der Waals surface area contributed by atoms with Crippen molar-refractivity contribution >= 4 is 11.6 Å². The lowest BCUT2D eigenvalue weighted by Crippen LogP contribution is -1.83. The Labute approximate surface area is 163 Å². The van der Waals surface area contributed by atoms with Crippen LogP contribution in [-0.4, -0.2) is 10.9 Å². The SMILES string of the molecule is CCCCCCCCCCCCCCCCCCCl.c1ccncc1. The van der Waals surface area contributed by atoms with E-state index in [1.54, 1.807) is 12.4 Å². The van der Waals surface area contributed by atoms with Crippen LogP contribution in [0.5, 0.6) is 0 Å². The van der Waals surface area contributed by atoms with Crippen molar-refractivity contribution in [3.05, 3.63) is 30.6 Å². The molecular weight excluding hydrogens is 326 g/mol. The third-order valence-electron chi connectivity index (χ3n) is 4.55. The first-order valence-corrected chi connectivity index (χ1v) is 11.4. The number of pyridine rings is 1. The van der Waals surface area contributed by atoms with Crippen molar-refractivity contribution in [1.82, 2.24) is 4.98 Å². The van der Waals surface area contributed by atoms with Crippen LogP contribution in [0.25, 0.3) is 0 Å². The summed E-state index contributed by atoms with van der Waals surface area (Å²) < 4.78 is 0. The summed E-state index contributed by atoms with van der Waals surface area (Å²) in [5, 5.41) is 0. The van der Waals surface area contributed by atoms with Gasteiger partial charge in [0.2, 0.25) is 0 Å². The predicted octanol–water partition coefficient (Wildman–Crippen LogP) is 8.57. The largest absolute Gasteiger partial charge is 0.265 e. The normalized spacial score (nSPS) is 10.3. The molecule has 1 nitrogen and oxygen atoms in total.